The monoisotopic (exact) mass is 509 g/mol. The van der Waals surface area contributed by atoms with Gasteiger partial charge in [0, 0.05) is 18.2 Å². The molecule has 0 aromatic heterocycles. The first-order valence-corrected chi connectivity index (χ1v) is 11.6. The van der Waals surface area contributed by atoms with Gasteiger partial charge in [-0.1, -0.05) is 0 Å². The number of piperidine rings is 1. The number of carbonyl (C=O) groups excluding carboxylic acids is 2. The number of hydrogen-bond donors (Lipinski definition) is 3. The lowest BCUT2D eigenvalue weighted by molar-refractivity contribution is -0.143. The minimum absolute atomic E-state index is 0.00835. The molecule has 1 saturated carbocycles. The first-order chi connectivity index (χ1) is 16.3. The van der Waals surface area contributed by atoms with Crippen molar-refractivity contribution in [1.82, 2.24) is 15.5 Å². The van der Waals surface area contributed by atoms with Crippen molar-refractivity contribution in [3.63, 3.8) is 0 Å². The number of nitrogens with zero attached hydrogens (tertiary/aromatic N) is 1. The number of aliphatic hydroxyl groups is 1. The van der Waals surface area contributed by atoms with Crippen LogP contribution in [0.2, 0.25) is 0 Å². The van der Waals surface area contributed by atoms with Gasteiger partial charge in [-0.15, -0.1) is 0 Å². The van der Waals surface area contributed by atoms with Crippen LogP contribution in [0.4, 0.5) is 26.3 Å². The SMILES string of the molecule is O=C(CN1CCC(CNC(=O)c2cc(C(F)(F)F)cc(C(F)(F)F)c2)CC1)NC1CCC(O)CC1. The molecule has 3 rings (SSSR count). The summed E-state index contributed by atoms with van der Waals surface area (Å²) < 4.78 is 78.0. The Kier molecular flexibility index (Phi) is 8.68. The Hall–Kier alpha value is -2.34. The van der Waals surface area contributed by atoms with Crippen LogP contribution in [0.1, 0.15) is 60.0 Å². The second kappa shape index (κ2) is 11.2. The first kappa shape index (κ1) is 27.3. The zero-order chi connectivity index (χ0) is 25.8. The molecule has 3 N–H and O–H groups in total. The minimum Gasteiger partial charge on any atom is -0.393 e. The molecule has 0 unspecified atom stereocenters. The van der Waals surface area contributed by atoms with E-state index in [1.807, 2.05) is 4.90 Å². The van der Waals surface area contributed by atoms with E-state index in [1.165, 1.54) is 0 Å². The minimum atomic E-state index is -5.02. The van der Waals surface area contributed by atoms with E-state index in [9.17, 15) is 41.0 Å². The van der Waals surface area contributed by atoms with Crippen molar-refractivity contribution in [2.45, 2.75) is 63.0 Å². The molecule has 0 atom stereocenters. The molecule has 1 aromatic rings. The number of halogens is 6. The van der Waals surface area contributed by atoms with Gasteiger partial charge in [0.2, 0.25) is 5.91 Å². The third kappa shape index (κ3) is 8.09. The van der Waals surface area contributed by atoms with E-state index in [4.69, 9.17) is 0 Å². The molecule has 35 heavy (non-hydrogen) atoms. The molecule has 0 radical (unpaired) electrons. The highest BCUT2D eigenvalue weighted by atomic mass is 19.4. The van der Waals surface area contributed by atoms with Gasteiger partial charge in [0.25, 0.3) is 5.91 Å². The van der Waals surface area contributed by atoms with Gasteiger partial charge >= 0.3 is 12.4 Å². The molecule has 1 aliphatic carbocycles. The maximum atomic E-state index is 13.0. The summed E-state index contributed by atoms with van der Waals surface area (Å²) in [5, 5.41) is 15.0. The molecule has 2 fully saturated rings. The molecule has 2 amide bonds. The van der Waals surface area contributed by atoms with E-state index in [1.54, 1.807) is 0 Å². The highest BCUT2D eigenvalue weighted by Crippen LogP contribution is 2.36. The largest absolute Gasteiger partial charge is 0.416 e. The van der Waals surface area contributed by atoms with Gasteiger partial charge in [-0.05, 0) is 75.7 Å². The number of carbonyl (C=O) groups is 2. The van der Waals surface area contributed by atoms with Crippen molar-refractivity contribution in [2.24, 2.45) is 5.92 Å². The molecule has 1 aliphatic heterocycles. The number of benzene rings is 1. The number of alkyl halides is 6. The second-order valence-corrected chi connectivity index (χ2v) is 9.30. The fraction of sp³-hybridized carbons (Fsp3) is 0.652. The topological polar surface area (TPSA) is 81.7 Å². The maximum Gasteiger partial charge on any atom is 0.416 e. The van der Waals surface area contributed by atoms with Gasteiger partial charge in [0.05, 0.1) is 23.8 Å². The lowest BCUT2D eigenvalue weighted by Gasteiger charge is -2.32. The molecule has 1 aromatic carbocycles. The van der Waals surface area contributed by atoms with Crippen LogP contribution in [0, 0.1) is 5.92 Å². The zero-order valence-electron chi connectivity index (χ0n) is 19.0. The number of nitrogens with one attached hydrogen (secondary N) is 2. The molecule has 1 heterocycles. The summed E-state index contributed by atoms with van der Waals surface area (Å²) in [5.74, 6) is -1.10. The number of aliphatic hydroxyl groups excluding tert-OH is 1. The molecule has 6 nitrogen and oxygen atoms in total. The van der Waals surface area contributed by atoms with Gasteiger partial charge < -0.3 is 15.7 Å². The third-order valence-electron chi connectivity index (χ3n) is 6.54. The quantitative estimate of drug-likeness (QED) is 0.512. The fourth-order valence-electron chi connectivity index (χ4n) is 4.47. The molecule has 12 heteroatoms. The fourth-order valence-corrected chi connectivity index (χ4v) is 4.47. The summed E-state index contributed by atoms with van der Waals surface area (Å²) in [5.41, 5.74) is -3.77. The molecular formula is C23H29F6N3O3. The Morgan fingerprint density at radius 2 is 1.43 bits per heavy atom. The summed E-state index contributed by atoms with van der Waals surface area (Å²) in [6.45, 7) is 1.50. The Bertz CT molecular complexity index is 857. The highest BCUT2D eigenvalue weighted by molar-refractivity contribution is 5.94. The van der Waals surface area contributed by atoms with Crippen LogP contribution in [0.3, 0.4) is 0 Å². The summed E-state index contributed by atoms with van der Waals surface area (Å²) in [6.07, 6.45) is -6.28. The smallest absolute Gasteiger partial charge is 0.393 e. The van der Waals surface area contributed by atoms with Gasteiger partial charge in [0.1, 0.15) is 0 Å². The van der Waals surface area contributed by atoms with Gasteiger partial charge in [-0.3, -0.25) is 14.5 Å². The zero-order valence-corrected chi connectivity index (χ0v) is 19.0. The van der Waals surface area contributed by atoms with Crippen molar-refractivity contribution in [3.8, 4) is 0 Å². The molecule has 1 saturated heterocycles. The Labute approximate surface area is 199 Å². The number of hydrogen-bond acceptors (Lipinski definition) is 4. The van der Waals surface area contributed by atoms with Gasteiger partial charge in [-0.2, -0.15) is 26.3 Å². The average Bonchev–Trinajstić information content (AvgIpc) is 2.78. The predicted molar refractivity (Wildman–Crippen MR) is 114 cm³/mol. The average molecular weight is 509 g/mol. The van der Waals surface area contributed by atoms with Crippen LogP contribution in [-0.2, 0) is 17.1 Å². The van der Waals surface area contributed by atoms with Crippen LogP contribution >= 0.6 is 0 Å². The van der Waals surface area contributed by atoms with Crippen LogP contribution in [0.5, 0.6) is 0 Å². The summed E-state index contributed by atoms with van der Waals surface area (Å²) in [6, 6.07) is 0.880. The normalized spacial score (nSPS) is 22.6. The molecule has 196 valence electrons. The van der Waals surface area contributed by atoms with E-state index in [-0.39, 0.29) is 43.1 Å². The maximum absolute atomic E-state index is 13.0. The molecular weight excluding hydrogens is 480 g/mol. The Balaban J connectivity index is 1.46. The number of likely N-dealkylation sites (tertiary alicyclic amines) is 1. The lowest BCUT2D eigenvalue weighted by Crippen LogP contribution is -2.46. The van der Waals surface area contributed by atoms with E-state index >= 15 is 0 Å². The van der Waals surface area contributed by atoms with E-state index in [0.29, 0.717) is 50.9 Å². The highest BCUT2D eigenvalue weighted by Gasteiger charge is 2.37. The first-order valence-electron chi connectivity index (χ1n) is 11.6. The van der Waals surface area contributed by atoms with Crippen molar-refractivity contribution >= 4 is 11.8 Å². The standard InChI is InChI=1S/C23H29F6N3O3/c24-22(25,26)16-9-15(10-17(11-16)23(27,28)29)21(35)30-12-14-5-7-32(8-6-14)13-20(34)31-18-1-3-19(33)4-2-18/h9-11,14,18-19,33H,1-8,12-13H2,(H,30,35)(H,31,34). The van der Waals surface area contributed by atoms with Crippen LogP contribution in [-0.4, -0.2) is 60.1 Å². The van der Waals surface area contributed by atoms with Crippen molar-refractivity contribution in [2.75, 3.05) is 26.2 Å². The number of rotatable bonds is 6. The van der Waals surface area contributed by atoms with Crippen LogP contribution in [0.15, 0.2) is 18.2 Å². The van der Waals surface area contributed by atoms with Crippen LogP contribution < -0.4 is 10.6 Å². The molecule has 2 aliphatic rings. The van der Waals surface area contributed by atoms with Gasteiger partial charge in [0.15, 0.2) is 0 Å². The molecule has 0 bridgehead atoms. The summed E-state index contributed by atoms with van der Waals surface area (Å²) in [7, 11) is 0. The van der Waals surface area contributed by atoms with Gasteiger partial charge in [-0.25, -0.2) is 0 Å². The van der Waals surface area contributed by atoms with Crippen LogP contribution in [0.25, 0.3) is 0 Å². The Morgan fingerprint density at radius 1 is 0.886 bits per heavy atom. The van der Waals surface area contributed by atoms with Crippen molar-refractivity contribution < 1.29 is 41.0 Å². The third-order valence-corrected chi connectivity index (χ3v) is 6.54. The molecule has 0 spiro atoms. The van der Waals surface area contributed by atoms with Crippen molar-refractivity contribution in [3.05, 3.63) is 34.9 Å². The Morgan fingerprint density at radius 3 is 1.94 bits per heavy atom. The van der Waals surface area contributed by atoms with Crippen molar-refractivity contribution in [1.29, 1.82) is 0 Å². The summed E-state index contributed by atoms with van der Waals surface area (Å²) >= 11 is 0. The lowest BCUT2D eigenvalue weighted by atomic mass is 9.93. The van der Waals surface area contributed by atoms with E-state index < -0.39 is 35.0 Å². The van der Waals surface area contributed by atoms with E-state index in [2.05, 4.69) is 10.6 Å². The van der Waals surface area contributed by atoms with E-state index in [0.717, 1.165) is 12.8 Å². The summed E-state index contributed by atoms with van der Waals surface area (Å²) in [4.78, 5) is 26.6. The number of amides is 2. The predicted octanol–water partition coefficient (Wildman–Crippen LogP) is 3.59. The second-order valence-electron chi connectivity index (χ2n) is 9.30.